The Kier molecular flexibility index (Phi) is 4.96. The highest BCUT2D eigenvalue weighted by molar-refractivity contribution is 5.89. The monoisotopic (exact) mass is 226 g/mol. The van der Waals surface area contributed by atoms with Crippen molar-refractivity contribution >= 4 is 11.9 Å². The van der Waals surface area contributed by atoms with E-state index in [0.29, 0.717) is 0 Å². The van der Waals surface area contributed by atoms with E-state index in [4.69, 9.17) is 5.26 Å². The normalized spacial score (nSPS) is 12.8. The molecule has 0 spiro atoms. The number of methoxy groups -OCH3 is 1. The smallest absolute Gasteiger partial charge is 0.328 e. The largest absolute Gasteiger partial charge is 0.467 e. The molecule has 1 amide bonds. The van der Waals surface area contributed by atoms with E-state index in [1.54, 1.807) is 13.8 Å². The lowest BCUT2D eigenvalue weighted by molar-refractivity contribution is -0.147. The first-order chi connectivity index (χ1) is 7.26. The first kappa shape index (κ1) is 14.4. The number of hydrogen-bond donors (Lipinski definition) is 1. The summed E-state index contributed by atoms with van der Waals surface area (Å²) < 4.78 is 4.58. The lowest BCUT2D eigenvalue weighted by Gasteiger charge is -2.23. The van der Waals surface area contributed by atoms with Gasteiger partial charge in [0.15, 0.2) is 0 Å². The average Bonchev–Trinajstić information content (AvgIpc) is 2.23. The van der Waals surface area contributed by atoms with E-state index in [1.807, 2.05) is 6.07 Å². The van der Waals surface area contributed by atoms with Gasteiger partial charge in [0.05, 0.1) is 13.2 Å². The molecule has 0 aromatic heterocycles. The molecular weight excluding hydrogens is 208 g/mol. The second kappa shape index (κ2) is 5.50. The summed E-state index contributed by atoms with van der Waals surface area (Å²) in [6.45, 7) is 6.58. The predicted molar refractivity (Wildman–Crippen MR) is 58.2 cm³/mol. The number of ether oxygens (including phenoxy) is 1. The van der Waals surface area contributed by atoms with E-state index in [-0.39, 0.29) is 5.92 Å². The lowest BCUT2D eigenvalue weighted by Crippen LogP contribution is -2.49. The second-order valence-electron chi connectivity index (χ2n) is 4.46. The second-order valence-corrected chi connectivity index (χ2v) is 4.46. The molecule has 0 aliphatic heterocycles. The van der Waals surface area contributed by atoms with Gasteiger partial charge in [-0.2, -0.15) is 5.26 Å². The predicted octanol–water partition coefficient (Wildman–Crippen LogP) is 0.850. The zero-order valence-electron chi connectivity index (χ0n) is 10.3. The SMILES string of the molecule is COC(=O)[C@H](NC(=O)C(C)(C)C#N)C(C)C. The number of nitriles is 1. The molecule has 1 atom stereocenters. The highest BCUT2D eigenvalue weighted by Gasteiger charge is 2.32. The molecule has 0 fully saturated rings. The van der Waals surface area contributed by atoms with Crippen LogP contribution in [-0.4, -0.2) is 25.0 Å². The van der Waals surface area contributed by atoms with Crippen LogP contribution < -0.4 is 5.32 Å². The molecule has 16 heavy (non-hydrogen) atoms. The molecule has 0 saturated heterocycles. The molecule has 0 aromatic carbocycles. The van der Waals surface area contributed by atoms with Gasteiger partial charge in [0.2, 0.25) is 5.91 Å². The Balaban J connectivity index is 4.74. The van der Waals surface area contributed by atoms with E-state index in [0.717, 1.165) is 0 Å². The van der Waals surface area contributed by atoms with Crippen LogP contribution in [0.25, 0.3) is 0 Å². The van der Waals surface area contributed by atoms with Crippen LogP contribution >= 0.6 is 0 Å². The third kappa shape index (κ3) is 3.54. The first-order valence-electron chi connectivity index (χ1n) is 5.06. The molecule has 1 N–H and O–H groups in total. The molecule has 5 heteroatoms. The van der Waals surface area contributed by atoms with Gasteiger partial charge < -0.3 is 10.1 Å². The Hall–Kier alpha value is -1.57. The van der Waals surface area contributed by atoms with Crippen molar-refractivity contribution in [2.24, 2.45) is 11.3 Å². The molecule has 90 valence electrons. The quantitative estimate of drug-likeness (QED) is 0.721. The number of hydrogen-bond acceptors (Lipinski definition) is 4. The van der Waals surface area contributed by atoms with Gasteiger partial charge in [0.25, 0.3) is 0 Å². The van der Waals surface area contributed by atoms with Gasteiger partial charge in [-0.15, -0.1) is 0 Å². The molecule has 0 aromatic rings. The summed E-state index contributed by atoms with van der Waals surface area (Å²) in [6, 6.07) is 1.16. The topological polar surface area (TPSA) is 79.2 Å². The van der Waals surface area contributed by atoms with E-state index in [2.05, 4.69) is 10.1 Å². The lowest BCUT2D eigenvalue weighted by atomic mass is 9.93. The highest BCUT2D eigenvalue weighted by atomic mass is 16.5. The van der Waals surface area contributed by atoms with Crippen LogP contribution in [0.4, 0.5) is 0 Å². The molecule has 0 radical (unpaired) electrons. The Bertz CT molecular complexity index is 316. The van der Waals surface area contributed by atoms with Crippen molar-refractivity contribution in [1.29, 1.82) is 5.26 Å². The highest BCUT2D eigenvalue weighted by Crippen LogP contribution is 2.14. The number of nitrogens with one attached hydrogen (secondary N) is 1. The Morgan fingerprint density at radius 2 is 1.88 bits per heavy atom. The van der Waals surface area contributed by atoms with Crippen molar-refractivity contribution < 1.29 is 14.3 Å². The van der Waals surface area contributed by atoms with Crippen molar-refractivity contribution in [3.8, 4) is 6.07 Å². The van der Waals surface area contributed by atoms with E-state index in [1.165, 1.54) is 21.0 Å². The zero-order valence-corrected chi connectivity index (χ0v) is 10.3. The summed E-state index contributed by atoms with van der Waals surface area (Å²) in [7, 11) is 1.26. The molecule has 0 unspecified atom stereocenters. The van der Waals surface area contributed by atoms with Crippen LogP contribution in [0.3, 0.4) is 0 Å². The van der Waals surface area contributed by atoms with Crippen LogP contribution in [-0.2, 0) is 14.3 Å². The fraction of sp³-hybridized carbons (Fsp3) is 0.727. The fourth-order valence-electron chi connectivity index (χ4n) is 0.997. The van der Waals surface area contributed by atoms with Crippen molar-refractivity contribution in [2.75, 3.05) is 7.11 Å². The number of nitrogens with zero attached hydrogens (tertiary/aromatic N) is 1. The van der Waals surface area contributed by atoms with Gasteiger partial charge in [-0.1, -0.05) is 13.8 Å². The maximum Gasteiger partial charge on any atom is 0.328 e. The van der Waals surface area contributed by atoms with Crippen molar-refractivity contribution in [3.05, 3.63) is 0 Å². The molecule has 0 aliphatic carbocycles. The fourth-order valence-corrected chi connectivity index (χ4v) is 0.997. The minimum absolute atomic E-state index is 0.0918. The summed E-state index contributed by atoms with van der Waals surface area (Å²) in [5.74, 6) is -1.07. The van der Waals surface area contributed by atoms with Crippen LogP contribution in [0.5, 0.6) is 0 Å². The maximum atomic E-state index is 11.7. The summed E-state index contributed by atoms with van der Waals surface area (Å²) >= 11 is 0. The number of esters is 1. The van der Waals surface area contributed by atoms with Crippen LogP contribution in [0, 0.1) is 22.7 Å². The Morgan fingerprint density at radius 3 is 2.19 bits per heavy atom. The average molecular weight is 226 g/mol. The van der Waals surface area contributed by atoms with Crippen LogP contribution in [0.15, 0.2) is 0 Å². The summed E-state index contributed by atoms with van der Waals surface area (Å²) in [6.07, 6.45) is 0. The molecule has 0 rings (SSSR count). The van der Waals surface area contributed by atoms with Crippen LogP contribution in [0.2, 0.25) is 0 Å². The van der Waals surface area contributed by atoms with Crippen molar-refractivity contribution in [2.45, 2.75) is 33.7 Å². The molecule has 0 heterocycles. The van der Waals surface area contributed by atoms with Gasteiger partial charge in [-0.05, 0) is 19.8 Å². The van der Waals surface area contributed by atoms with Gasteiger partial charge >= 0.3 is 5.97 Å². The Labute approximate surface area is 95.8 Å². The minimum atomic E-state index is -1.15. The molecule has 5 nitrogen and oxygen atoms in total. The van der Waals surface area contributed by atoms with Crippen LogP contribution in [0.1, 0.15) is 27.7 Å². The third-order valence-electron chi connectivity index (χ3n) is 2.26. The summed E-state index contributed by atoms with van der Waals surface area (Å²) in [5, 5.41) is 11.3. The van der Waals surface area contributed by atoms with Gasteiger partial charge in [-0.25, -0.2) is 4.79 Å². The van der Waals surface area contributed by atoms with Crippen molar-refractivity contribution in [3.63, 3.8) is 0 Å². The van der Waals surface area contributed by atoms with Crippen molar-refractivity contribution in [1.82, 2.24) is 5.32 Å². The molecule has 0 bridgehead atoms. The standard InChI is InChI=1S/C11H18N2O3/c1-7(2)8(9(14)16-5)13-10(15)11(3,4)6-12/h7-8H,1-5H3,(H,13,15)/t8-/m1/s1. The summed E-state index contributed by atoms with van der Waals surface area (Å²) in [4.78, 5) is 23.1. The first-order valence-corrected chi connectivity index (χ1v) is 5.06. The number of carbonyl (C=O) groups excluding carboxylic acids is 2. The van der Waals surface area contributed by atoms with Gasteiger partial charge in [0, 0.05) is 0 Å². The molecule has 0 saturated carbocycles. The number of amides is 1. The molecule has 0 aliphatic rings. The van der Waals surface area contributed by atoms with Gasteiger partial charge in [0.1, 0.15) is 11.5 Å². The Morgan fingerprint density at radius 1 is 1.38 bits per heavy atom. The molecular formula is C11H18N2O3. The number of carbonyl (C=O) groups is 2. The number of rotatable bonds is 4. The third-order valence-corrected chi connectivity index (χ3v) is 2.26. The zero-order chi connectivity index (χ0) is 12.9. The van der Waals surface area contributed by atoms with Gasteiger partial charge in [-0.3, -0.25) is 4.79 Å². The minimum Gasteiger partial charge on any atom is -0.467 e. The van der Waals surface area contributed by atoms with E-state index >= 15 is 0 Å². The van der Waals surface area contributed by atoms with E-state index in [9.17, 15) is 9.59 Å². The van der Waals surface area contributed by atoms with E-state index < -0.39 is 23.3 Å². The maximum absolute atomic E-state index is 11.7. The summed E-state index contributed by atoms with van der Waals surface area (Å²) in [5.41, 5.74) is -1.15.